The number of hydrogen-bond donors (Lipinski definition) is 2. The second-order valence-corrected chi connectivity index (χ2v) is 11.0. The fourth-order valence-electron chi connectivity index (χ4n) is 5.19. The number of carboxylic acids is 1. The number of methoxy groups -OCH3 is 1. The number of aryl methyl sites for hydroxylation is 2. The van der Waals surface area contributed by atoms with E-state index in [1.54, 1.807) is 31.4 Å². The standard InChI is InChI=1S/C28H31NO6S/c1-17-13-22(34-3)14-18(2)28(17)25-6-4-5-24-23(25)11-12-26(24)35-21-9-7-19(8-10-21)20(15-27(30)31)16-36(29,32)33/h4-10,13-14,20,26H,11-12,15-16H2,1-3H3,(H,30,31)(H2,29,32,33)/t20?,26-/m1/s1. The SMILES string of the molecule is COc1cc(C)c(-c2cccc3c2CC[C@H]3Oc2ccc(C(CC(=O)O)CS(N)(=O)=O)cc2)c(C)c1. The van der Waals surface area contributed by atoms with E-state index in [1.807, 2.05) is 0 Å². The third kappa shape index (κ3) is 5.71. The van der Waals surface area contributed by atoms with Gasteiger partial charge in [-0.2, -0.15) is 0 Å². The van der Waals surface area contributed by atoms with E-state index < -0.39 is 27.7 Å². The zero-order valence-electron chi connectivity index (χ0n) is 20.7. The molecule has 3 aromatic carbocycles. The molecule has 0 heterocycles. The van der Waals surface area contributed by atoms with Gasteiger partial charge in [0.05, 0.1) is 19.3 Å². The molecule has 4 rings (SSSR count). The molecule has 1 aliphatic rings. The Morgan fingerprint density at radius 2 is 1.75 bits per heavy atom. The molecule has 0 spiro atoms. The molecule has 3 aromatic rings. The number of carboxylic acid groups (broad SMARTS) is 1. The predicted molar refractivity (Wildman–Crippen MR) is 139 cm³/mol. The van der Waals surface area contributed by atoms with Crippen molar-refractivity contribution in [1.82, 2.24) is 0 Å². The molecule has 1 unspecified atom stereocenters. The van der Waals surface area contributed by atoms with Gasteiger partial charge >= 0.3 is 5.97 Å². The Morgan fingerprint density at radius 1 is 1.08 bits per heavy atom. The number of sulfonamides is 1. The number of primary sulfonamides is 1. The predicted octanol–water partition coefficient (Wildman–Crippen LogP) is 4.89. The lowest BCUT2D eigenvalue weighted by atomic mass is 9.90. The number of fused-ring (bicyclic) bond motifs is 1. The van der Waals surface area contributed by atoms with E-state index in [9.17, 15) is 18.3 Å². The Hall–Kier alpha value is -3.36. The van der Waals surface area contributed by atoms with Crippen LogP contribution in [0.2, 0.25) is 0 Å². The third-order valence-electron chi connectivity index (χ3n) is 6.71. The molecule has 0 aromatic heterocycles. The summed E-state index contributed by atoms with van der Waals surface area (Å²) in [7, 11) is -2.14. The molecule has 0 radical (unpaired) electrons. The first-order valence-electron chi connectivity index (χ1n) is 11.8. The molecule has 1 aliphatic carbocycles. The normalized spacial score (nSPS) is 15.8. The molecule has 8 heteroatoms. The second-order valence-electron chi connectivity index (χ2n) is 9.35. The zero-order chi connectivity index (χ0) is 26.0. The van der Waals surface area contributed by atoms with Gasteiger partial charge in [0.1, 0.15) is 17.6 Å². The van der Waals surface area contributed by atoms with Gasteiger partial charge in [-0.3, -0.25) is 4.79 Å². The van der Waals surface area contributed by atoms with Crippen LogP contribution in [-0.2, 0) is 21.2 Å². The molecule has 0 fully saturated rings. The molecule has 2 atom stereocenters. The van der Waals surface area contributed by atoms with Gasteiger partial charge in [-0.1, -0.05) is 30.3 Å². The van der Waals surface area contributed by atoms with Crippen molar-refractivity contribution in [3.63, 3.8) is 0 Å². The van der Waals surface area contributed by atoms with Crippen LogP contribution in [-0.4, -0.2) is 32.4 Å². The topological polar surface area (TPSA) is 116 Å². The number of hydrogen-bond acceptors (Lipinski definition) is 5. The van der Waals surface area contributed by atoms with Gasteiger partial charge in [0.25, 0.3) is 0 Å². The Bertz CT molecular complexity index is 1360. The summed E-state index contributed by atoms with van der Waals surface area (Å²) >= 11 is 0. The number of aliphatic carboxylic acids is 1. The Morgan fingerprint density at radius 3 is 2.33 bits per heavy atom. The molecule has 0 saturated heterocycles. The van der Waals surface area contributed by atoms with Gasteiger partial charge in [-0.25, -0.2) is 13.6 Å². The lowest BCUT2D eigenvalue weighted by Gasteiger charge is -2.19. The summed E-state index contributed by atoms with van der Waals surface area (Å²) < 4.78 is 34.9. The smallest absolute Gasteiger partial charge is 0.303 e. The largest absolute Gasteiger partial charge is 0.497 e. The van der Waals surface area contributed by atoms with Crippen molar-refractivity contribution in [2.24, 2.45) is 5.14 Å². The molecular weight excluding hydrogens is 478 g/mol. The Kier molecular flexibility index (Phi) is 7.38. The van der Waals surface area contributed by atoms with Gasteiger partial charge in [-0.05, 0) is 89.9 Å². The van der Waals surface area contributed by atoms with Crippen LogP contribution < -0.4 is 14.6 Å². The molecule has 0 saturated carbocycles. The molecule has 7 nitrogen and oxygen atoms in total. The van der Waals surface area contributed by atoms with E-state index in [2.05, 4.69) is 44.2 Å². The minimum atomic E-state index is -3.82. The third-order valence-corrected chi connectivity index (χ3v) is 7.58. The van der Waals surface area contributed by atoms with Crippen LogP contribution in [0.3, 0.4) is 0 Å². The summed E-state index contributed by atoms with van der Waals surface area (Å²) in [4.78, 5) is 11.2. The number of benzene rings is 3. The lowest BCUT2D eigenvalue weighted by molar-refractivity contribution is -0.137. The van der Waals surface area contributed by atoms with Gasteiger partial charge in [0, 0.05) is 5.92 Å². The summed E-state index contributed by atoms with van der Waals surface area (Å²) in [6.45, 7) is 4.20. The monoisotopic (exact) mass is 509 g/mol. The summed E-state index contributed by atoms with van der Waals surface area (Å²) in [5, 5.41) is 14.3. The van der Waals surface area contributed by atoms with E-state index in [0.717, 1.165) is 35.3 Å². The van der Waals surface area contributed by atoms with Crippen LogP contribution in [0.5, 0.6) is 11.5 Å². The van der Waals surface area contributed by atoms with Crippen molar-refractivity contribution >= 4 is 16.0 Å². The lowest BCUT2D eigenvalue weighted by Crippen LogP contribution is -2.23. The molecule has 190 valence electrons. The van der Waals surface area contributed by atoms with E-state index in [4.69, 9.17) is 14.6 Å². The first-order chi connectivity index (χ1) is 17.1. The van der Waals surface area contributed by atoms with Crippen molar-refractivity contribution in [1.29, 1.82) is 0 Å². The minimum absolute atomic E-state index is 0.108. The van der Waals surface area contributed by atoms with Crippen LogP contribution in [0.4, 0.5) is 0 Å². The fourth-order valence-corrected chi connectivity index (χ4v) is 6.06. The Balaban J connectivity index is 1.57. The van der Waals surface area contributed by atoms with Crippen LogP contribution in [0, 0.1) is 13.8 Å². The first kappa shape index (κ1) is 25.7. The molecular formula is C28H31NO6S. The van der Waals surface area contributed by atoms with Crippen LogP contribution in [0.1, 0.15) is 52.7 Å². The first-order valence-corrected chi connectivity index (χ1v) is 13.5. The van der Waals surface area contributed by atoms with Crippen molar-refractivity contribution in [3.05, 3.63) is 82.4 Å². The van der Waals surface area contributed by atoms with Crippen molar-refractivity contribution < 1.29 is 27.8 Å². The highest BCUT2D eigenvalue weighted by Crippen LogP contribution is 2.42. The average Bonchev–Trinajstić information content (AvgIpc) is 3.21. The number of carbonyl (C=O) groups is 1. The second kappa shape index (κ2) is 10.3. The molecule has 0 aliphatic heterocycles. The highest BCUT2D eigenvalue weighted by molar-refractivity contribution is 7.89. The van der Waals surface area contributed by atoms with Gasteiger partial charge < -0.3 is 14.6 Å². The molecule has 0 bridgehead atoms. The van der Waals surface area contributed by atoms with Gasteiger partial charge in [0.15, 0.2) is 0 Å². The van der Waals surface area contributed by atoms with E-state index in [0.29, 0.717) is 11.3 Å². The number of rotatable bonds is 9. The number of ether oxygens (including phenoxy) is 2. The Labute approximate surface area is 211 Å². The van der Waals surface area contributed by atoms with Crippen LogP contribution in [0.15, 0.2) is 54.6 Å². The van der Waals surface area contributed by atoms with Crippen molar-refractivity contribution in [2.45, 2.75) is 45.1 Å². The summed E-state index contributed by atoms with van der Waals surface area (Å²) in [5.74, 6) is -0.742. The maximum atomic E-state index is 11.6. The van der Waals surface area contributed by atoms with E-state index in [-0.39, 0.29) is 12.5 Å². The number of nitrogens with two attached hydrogens (primary N) is 1. The highest BCUT2D eigenvalue weighted by Gasteiger charge is 2.28. The average molecular weight is 510 g/mol. The van der Waals surface area contributed by atoms with Crippen LogP contribution >= 0.6 is 0 Å². The molecule has 0 amide bonds. The van der Waals surface area contributed by atoms with E-state index in [1.165, 1.54) is 16.7 Å². The summed E-state index contributed by atoms with van der Waals surface area (Å²) in [6, 6.07) is 17.4. The zero-order valence-corrected chi connectivity index (χ0v) is 21.5. The van der Waals surface area contributed by atoms with Gasteiger partial charge in [-0.15, -0.1) is 0 Å². The van der Waals surface area contributed by atoms with Crippen LogP contribution in [0.25, 0.3) is 11.1 Å². The quantitative estimate of drug-likeness (QED) is 0.424. The molecule has 3 N–H and O–H groups in total. The summed E-state index contributed by atoms with van der Waals surface area (Å²) in [6.07, 6.45) is 1.31. The summed E-state index contributed by atoms with van der Waals surface area (Å²) in [5.41, 5.74) is 7.79. The van der Waals surface area contributed by atoms with Crippen molar-refractivity contribution in [3.8, 4) is 22.6 Å². The maximum Gasteiger partial charge on any atom is 0.303 e. The minimum Gasteiger partial charge on any atom is -0.497 e. The molecule has 36 heavy (non-hydrogen) atoms. The van der Waals surface area contributed by atoms with E-state index >= 15 is 0 Å². The van der Waals surface area contributed by atoms with Crippen molar-refractivity contribution in [2.75, 3.05) is 12.9 Å². The maximum absolute atomic E-state index is 11.6. The fraction of sp³-hybridized carbons (Fsp3) is 0.321. The highest BCUT2D eigenvalue weighted by atomic mass is 32.2. The van der Waals surface area contributed by atoms with Gasteiger partial charge in [0.2, 0.25) is 10.0 Å².